The first-order chi connectivity index (χ1) is 6.80. The molecule has 0 saturated carbocycles. The van der Waals surface area contributed by atoms with Gasteiger partial charge in [-0.1, -0.05) is 0 Å². The Labute approximate surface area is 88.2 Å². The second kappa shape index (κ2) is 5.33. The van der Waals surface area contributed by atoms with Crippen LogP contribution in [0.1, 0.15) is 20.8 Å². The molecule has 0 aliphatic rings. The van der Waals surface area contributed by atoms with Gasteiger partial charge in [0.1, 0.15) is 11.3 Å². The molecule has 15 heavy (non-hydrogen) atoms. The number of amides is 1. The zero-order valence-electron chi connectivity index (χ0n) is 9.30. The molecule has 0 saturated heterocycles. The molecule has 6 heteroatoms. The Bertz CT molecular complexity index is 292. The number of rotatable bonds is 2. The zero-order chi connectivity index (χ0) is 12.1. The molecule has 0 aromatic rings. The number of allylic oxidation sites excluding steroid dienone is 1. The molecule has 3 N–H and O–H groups in total. The van der Waals surface area contributed by atoms with Crippen molar-refractivity contribution in [3.05, 3.63) is 11.9 Å². The smallest absolute Gasteiger partial charge is 0.436 e. The van der Waals surface area contributed by atoms with Crippen molar-refractivity contribution in [1.29, 1.82) is 0 Å². The highest BCUT2D eigenvalue weighted by Crippen LogP contribution is 2.08. The Morgan fingerprint density at radius 3 is 2.40 bits per heavy atom. The summed E-state index contributed by atoms with van der Waals surface area (Å²) in [5.41, 5.74) is 4.32. The van der Waals surface area contributed by atoms with Crippen molar-refractivity contribution >= 4 is 12.1 Å². The maximum Gasteiger partial charge on any atom is 0.436 e. The van der Waals surface area contributed by atoms with Crippen molar-refractivity contribution in [1.82, 2.24) is 5.32 Å². The van der Waals surface area contributed by atoms with Crippen molar-refractivity contribution in [3.8, 4) is 0 Å². The first kappa shape index (κ1) is 13.4. The van der Waals surface area contributed by atoms with Gasteiger partial charge in [-0.15, -0.1) is 4.99 Å². The number of nitrogens with two attached hydrogens (primary N) is 1. The molecule has 5 nitrogen and oxygen atoms in total. The largest absolute Gasteiger partial charge is 0.442 e. The molecule has 0 rings (SSSR count). The summed E-state index contributed by atoms with van der Waals surface area (Å²) in [5.74, 6) is -1.01. The lowest BCUT2D eigenvalue weighted by atomic mass is 10.2. The number of halogens is 1. The lowest BCUT2D eigenvalue weighted by molar-refractivity contribution is 0.0603. The van der Waals surface area contributed by atoms with Gasteiger partial charge in [0.05, 0.1) is 0 Å². The van der Waals surface area contributed by atoms with E-state index in [-0.39, 0.29) is 5.70 Å². The molecule has 0 aliphatic carbocycles. The van der Waals surface area contributed by atoms with Crippen LogP contribution in [0.25, 0.3) is 0 Å². The highest BCUT2D eigenvalue weighted by atomic mass is 19.1. The summed E-state index contributed by atoms with van der Waals surface area (Å²) < 4.78 is 17.9. The number of hydrogen-bond donors (Lipinski definition) is 2. The first-order valence-electron chi connectivity index (χ1n) is 4.37. The van der Waals surface area contributed by atoms with Gasteiger partial charge in [-0.25, -0.2) is 4.79 Å². The van der Waals surface area contributed by atoms with Gasteiger partial charge >= 0.3 is 6.09 Å². The number of nitrogens with one attached hydrogen (secondary N) is 1. The van der Waals surface area contributed by atoms with Crippen LogP contribution >= 0.6 is 0 Å². The minimum absolute atomic E-state index is 0.0686. The number of hydrogen-bond acceptors (Lipinski definition) is 4. The average molecular weight is 217 g/mol. The zero-order valence-corrected chi connectivity index (χ0v) is 9.30. The van der Waals surface area contributed by atoms with Crippen molar-refractivity contribution in [2.24, 2.45) is 10.7 Å². The van der Waals surface area contributed by atoms with E-state index in [1.54, 1.807) is 20.8 Å². The van der Waals surface area contributed by atoms with Crippen LogP contribution in [0, 0.1) is 0 Å². The molecule has 0 aromatic heterocycles. The summed E-state index contributed by atoms with van der Waals surface area (Å²) in [4.78, 5) is 14.1. The molecule has 0 aliphatic heterocycles. The van der Waals surface area contributed by atoms with Crippen LogP contribution in [0.2, 0.25) is 0 Å². The van der Waals surface area contributed by atoms with Gasteiger partial charge in [-0.05, 0) is 20.8 Å². The van der Waals surface area contributed by atoms with Gasteiger partial charge in [-0.3, -0.25) is 0 Å². The fourth-order valence-electron chi connectivity index (χ4n) is 0.680. The molecule has 0 spiro atoms. The second-order valence-corrected chi connectivity index (χ2v) is 3.71. The van der Waals surface area contributed by atoms with Gasteiger partial charge in [0.2, 0.25) is 5.97 Å². The third-order valence-electron chi connectivity index (χ3n) is 1.24. The van der Waals surface area contributed by atoms with Crippen LogP contribution in [-0.4, -0.2) is 24.7 Å². The average Bonchev–Trinajstić information content (AvgIpc) is 2.02. The maximum absolute atomic E-state index is 13.1. The molecule has 1 amide bonds. The molecule has 0 fully saturated rings. The highest BCUT2D eigenvalue weighted by Gasteiger charge is 2.17. The van der Waals surface area contributed by atoms with E-state index in [0.29, 0.717) is 0 Å². The molecular weight excluding hydrogens is 201 g/mol. The van der Waals surface area contributed by atoms with Gasteiger partial charge in [0.15, 0.2) is 0 Å². The van der Waals surface area contributed by atoms with Gasteiger partial charge in [0.25, 0.3) is 0 Å². The third kappa shape index (κ3) is 5.66. The minimum atomic E-state index is -1.01. The summed E-state index contributed by atoms with van der Waals surface area (Å²) in [5, 5.41) is 2.44. The molecule has 0 unspecified atom stereocenters. The van der Waals surface area contributed by atoms with E-state index in [9.17, 15) is 9.18 Å². The molecule has 0 atom stereocenters. The monoisotopic (exact) mass is 217 g/mol. The van der Waals surface area contributed by atoms with Crippen molar-refractivity contribution in [2.75, 3.05) is 7.05 Å². The Morgan fingerprint density at radius 2 is 2.07 bits per heavy atom. The Kier molecular flexibility index (Phi) is 4.77. The van der Waals surface area contributed by atoms with Crippen LogP contribution < -0.4 is 11.1 Å². The normalized spacial score (nSPS) is 13.7. The number of ether oxygens (including phenoxy) is 1. The van der Waals surface area contributed by atoms with Crippen molar-refractivity contribution in [2.45, 2.75) is 26.4 Å². The number of aliphatic imine (C=N–C) groups is 1. The van der Waals surface area contributed by atoms with E-state index in [1.807, 2.05) is 0 Å². The standard InChI is InChI=1S/C9H16FN3O2/c1-9(2,3)15-8(14)13-7(10)6(5-11)12-4/h5,12H,11H2,1-4H3/b6-5+,13-7-. The first-order valence-corrected chi connectivity index (χ1v) is 4.37. The van der Waals surface area contributed by atoms with Crippen LogP contribution in [0.4, 0.5) is 9.18 Å². The second-order valence-electron chi connectivity index (χ2n) is 3.71. The number of carbonyl (C=O) groups excluding carboxylic acids is 1. The lowest BCUT2D eigenvalue weighted by Crippen LogP contribution is -2.23. The topological polar surface area (TPSA) is 76.7 Å². The Hall–Kier alpha value is -1.59. The summed E-state index contributed by atoms with van der Waals surface area (Å²) in [7, 11) is 1.46. The maximum atomic E-state index is 13.1. The summed E-state index contributed by atoms with van der Waals surface area (Å²) >= 11 is 0. The SMILES string of the molecule is CNC(=C/N)/C(F)=N/C(=O)OC(C)(C)C. The molecule has 0 radical (unpaired) electrons. The van der Waals surface area contributed by atoms with Gasteiger partial charge < -0.3 is 15.8 Å². The highest BCUT2D eigenvalue weighted by molar-refractivity contribution is 5.98. The Morgan fingerprint density at radius 1 is 1.53 bits per heavy atom. The van der Waals surface area contributed by atoms with Crippen LogP contribution in [-0.2, 0) is 4.74 Å². The number of carbonyl (C=O) groups is 1. The van der Waals surface area contributed by atoms with E-state index in [0.717, 1.165) is 6.20 Å². The van der Waals surface area contributed by atoms with Crippen LogP contribution in [0.15, 0.2) is 16.9 Å². The molecule has 0 heterocycles. The van der Waals surface area contributed by atoms with Crippen LogP contribution in [0.3, 0.4) is 0 Å². The minimum Gasteiger partial charge on any atom is -0.442 e. The summed E-state index contributed by atoms with van der Waals surface area (Å²) in [6.07, 6.45) is -0.0157. The third-order valence-corrected chi connectivity index (χ3v) is 1.24. The molecule has 0 bridgehead atoms. The van der Waals surface area contributed by atoms with E-state index in [1.165, 1.54) is 7.05 Å². The van der Waals surface area contributed by atoms with E-state index >= 15 is 0 Å². The quantitative estimate of drug-likeness (QED) is 0.684. The molecular formula is C9H16FN3O2. The number of nitrogens with zero attached hydrogens (tertiary/aromatic N) is 1. The van der Waals surface area contributed by atoms with Crippen molar-refractivity contribution < 1.29 is 13.9 Å². The lowest BCUT2D eigenvalue weighted by Gasteiger charge is -2.17. The van der Waals surface area contributed by atoms with Gasteiger partial charge in [0, 0.05) is 13.2 Å². The van der Waals surface area contributed by atoms with E-state index in [2.05, 4.69) is 10.3 Å². The van der Waals surface area contributed by atoms with Crippen LogP contribution in [0.5, 0.6) is 0 Å². The molecule has 86 valence electrons. The summed E-state index contributed by atoms with van der Waals surface area (Å²) in [6.45, 7) is 4.99. The van der Waals surface area contributed by atoms with Crippen molar-refractivity contribution in [3.63, 3.8) is 0 Å². The summed E-state index contributed by atoms with van der Waals surface area (Å²) in [6, 6.07) is 0. The van der Waals surface area contributed by atoms with E-state index < -0.39 is 17.7 Å². The predicted molar refractivity (Wildman–Crippen MR) is 56.1 cm³/mol. The fourth-order valence-corrected chi connectivity index (χ4v) is 0.680. The predicted octanol–water partition coefficient (Wildman–Crippen LogP) is 1.31. The fraction of sp³-hybridized carbons (Fsp3) is 0.556. The Balaban J connectivity index is 4.56. The van der Waals surface area contributed by atoms with Gasteiger partial charge in [-0.2, -0.15) is 4.39 Å². The van der Waals surface area contributed by atoms with E-state index in [4.69, 9.17) is 10.5 Å². The molecule has 0 aromatic carbocycles.